The SMILES string of the molecule is CCOC(=O)Nc1cc(C(=O)OC)ccc1F. The molecule has 0 aliphatic rings. The highest BCUT2D eigenvalue weighted by atomic mass is 19.1. The second-order valence-corrected chi connectivity index (χ2v) is 3.03. The normalized spacial score (nSPS) is 9.59. The second-order valence-electron chi connectivity index (χ2n) is 3.03. The molecule has 92 valence electrons. The molecule has 1 N–H and O–H groups in total. The number of amides is 1. The number of benzene rings is 1. The molecular formula is C11H12FNO4. The average Bonchev–Trinajstić information content (AvgIpc) is 2.31. The van der Waals surface area contributed by atoms with Gasteiger partial charge in [0.2, 0.25) is 0 Å². The van der Waals surface area contributed by atoms with Crippen molar-refractivity contribution in [1.82, 2.24) is 0 Å². The van der Waals surface area contributed by atoms with Crippen molar-refractivity contribution in [3.63, 3.8) is 0 Å². The lowest BCUT2D eigenvalue weighted by atomic mass is 10.2. The van der Waals surface area contributed by atoms with Crippen LogP contribution in [0.2, 0.25) is 0 Å². The molecule has 6 heteroatoms. The number of nitrogens with one attached hydrogen (secondary N) is 1. The first-order chi connectivity index (χ1) is 8.08. The highest BCUT2D eigenvalue weighted by molar-refractivity contribution is 5.92. The van der Waals surface area contributed by atoms with E-state index in [1.54, 1.807) is 6.92 Å². The molecule has 0 heterocycles. The van der Waals surface area contributed by atoms with Gasteiger partial charge in [-0.3, -0.25) is 5.32 Å². The fourth-order valence-corrected chi connectivity index (χ4v) is 1.14. The van der Waals surface area contributed by atoms with Gasteiger partial charge in [0.15, 0.2) is 0 Å². The molecular weight excluding hydrogens is 229 g/mol. The van der Waals surface area contributed by atoms with Gasteiger partial charge in [0.05, 0.1) is 25.0 Å². The summed E-state index contributed by atoms with van der Waals surface area (Å²) >= 11 is 0. The van der Waals surface area contributed by atoms with Crippen LogP contribution in [-0.2, 0) is 9.47 Å². The number of halogens is 1. The quantitative estimate of drug-likeness (QED) is 0.824. The van der Waals surface area contributed by atoms with E-state index in [0.29, 0.717) is 0 Å². The van der Waals surface area contributed by atoms with E-state index in [1.807, 2.05) is 0 Å². The van der Waals surface area contributed by atoms with Crippen LogP contribution in [0.15, 0.2) is 18.2 Å². The Labute approximate surface area is 97.5 Å². The Morgan fingerprint density at radius 2 is 2.12 bits per heavy atom. The number of hydrogen-bond donors (Lipinski definition) is 1. The smallest absolute Gasteiger partial charge is 0.411 e. The predicted molar refractivity (Wildman–Crippen MR) is 58.4 cm³/mol. The third-order valence-corrected chi connectivity index (χ3v) is 1.90. The Kier molecular flexibility index (Phi) is 4.45. The van der Waals surface area contributed by atoms with E-state index in [9.17, 15) is 14.0 Å². The largest absolute Gasteiger partial charge is 0.465 e. The van der Waals surface area contributed by atoms with Crippen LogP contribution >= 0.6 is 0 Å². The first kappa shape index (κ1) is 13.0. The lowest BCUT2D eigenvalue weighted by molar-refractivity contribution is 0.0600. The van der Waals surface area contributed by atoms with Gasteiger partial charge < -0.3 is 9.47 Å². The van der Waals surface area contributed by atoms with E-state index in [-0.39, 0.29) is 17.9 Å². The van der Waals surface area contributed by atoms with Crippen molar-refractivity contribution in [2.45, 2.75) is 6.92 Å². The minimum atomic E-state index is -0.784. The summed E-state index contributed by atoms with van der Waals surface area (Å²) in [5, 5.41) is 2.19. The minimum absolute atomic E-state index is 0.133. The highest BCUT2D eigenvalue weighted by Gasteiger charge is 2.12. The third-order valence-electron chi connectivity index (χ3n) is 1.90. The topological polar surface area (TPSA) is 64.6 Å². The number of esters is 1. The van der Waals surface area contributed by atoms with E-state index in [4.69, 9.17) is 0 Å². The molecule has 5 nitrogen and oxygen atoms in total. The van der Waals surface area contributed by atoms with Gasteiger partial charge in [-0.1, -0.05) is 0 Å². The molecule has 0 unspecified atom stereocenters. The van der Waals surface area contributed by atoms with Crippen molar-refractivity contribution in [2.24, 2.45) is 0 Å². The van der Waals surface area contributed by atoms with Crippen molar-refractivity contribution in [2.75, 3.05) is 19.0 Å². The molecule has 0 spiro atoms. The standard InChI is InChI=1S/C11H12FNO4/c1-3-17-11(15)13-9-6-7(10(14)16-2)4-5-8(9)12/h4-6H,3H2,1-2H3,(H,13,15). The van der Waals surface area contributed by atoms with Crippen molar-refractivity contribution < 1.29 is 23.5 Å². The van der Waals surface area contributed by atoms with Crippen LogP contribution in [0.4, 0.5) is 14.9 Å². The summed E-state index contributed by atoms with van der Waals surface area (Å²) in [6, 6.07) is 3.50. The molecule has 0 atom stereocenters. The number of ether oxygens (including phenoxy) is 2. The van der Waals surface area contributed by atoms with Gasteiger partial charge in [0.25, 0.3) is 0 Å². The van der Waals surface area contributed by atoms with Crippen LogP contribution in [-0.4, -0.2) is 25.8 Å². The van der Waals surface area contributed by atoms with Crippen LogP contribution in [0.25, 0.3) is 0 Å². The molecule has 0 saturated heterocycles. The fourth-order valence-electron chi connectivity index (χ4n) is 1.14. The minimum Gasteiger partial charge on any atom is -0.465 e. The summed E-state index contributed by atoms with van der Waals surface area (Å²) in [7, 11) is 1.21. The third kappa shape index (κ3) is 3.44. The summed E-state index contributed by atoms with van der Waals surface area (Å²) in [4.78, 5) is 22.3. The van der Waals surface area contributed by atoms with E-state index in [1.165, 1.54) is 19.2 Å². The zero-order valence-electron chi connectivity index (χ0n) is 9.45. The molecule has 17 heavy (non-hydrogen) atoms. The number of carbonyl (C=O) groups is 2. The van der Waals surface area contributed by atoms with Crippen molar-refractivity contribution >= 4 is 17.7 Å². The molecule has 0 fully saturated rings. The lowest BCUT2D eigenvalue weighted by Crippen LogP contribution is -2.15. The maximum Gasteiger partial charge on any atom is 0.411 e. The second kappa shape index (κ2) is 5.83. The van der Waals surface area contributed by atoms with Crippen molar-refractivity contribution in [3.8, 4) is 0 Å². The Morgan fingerprint density at radius 3 is 2.71 bits per heavy atom. The van der Waals surface area contributed by atoms with E-state index in [2.05, 4.69) is 14.8 Å². The maximum atomic E-state index is 13.3. The summed E-state index contributed by atoms with van der Waals surface area (Å²) in [6.45, 7) is 1.80. The van der Waals surface area contributed by atoms with Crippen LogP contribution in [0, 0.1) is 5.82 Å². The van der Waals surface area contributed by atoms with Gasteiger partial charge in [0, 0.05) is 0 Å². The fraction of sp³-hybridized carbons (Fsp3) is 0.273. The van der Waals surface area contributed by atoms with E-state index in [0.717, 1.165) is 6.07 Å². The number of anilines is 1. The molecule has 0 bridgehead atoms. The first-order valence-electron chi connectivity index (χ1n) is 4.90. The van der Waals surface area contributed by atoms with Crippen LogP contribution in [0.3, 0.4) is 0 Å². The summed E-state index contributed by atoms with van der Waals surface area (Å²) in [5.74, 6) is -1.28. The molecule has 0 radical (unpaired) electrons. The van der Waals surface area contributed by atoms with Crippen molar-refractivity contribution in [3.05, 3.63) is 29.6 Å². The molecule has 0 aliphatic heterocycles. The Morgan fingerprint density at radius 1 is 1.41 bits per heavy atom. The number of methoxy groups -OCH3 is 1. The number of carbonyl (C=O) groups excluding carboxylic acids is 2. The average molecular weight is 241 g/mol. The molecule has 0 aliphatic carbocycles. The zero-order chi connectivity index (χ0) is 12.8. The molecule has 1 aromatic carbocycles. The van der Waals surface area contributed by atoms with Gasteiger partial charge in [-0.15, -0.1) is 0 Å². The van der Waals surface area contributed by atoms with Gasteiger partial charge in [0.1, 0.15) is 5.82 Å². The zero-order valence-corrected chi connectivity index (χ0v) is 9.45. The molecule has 1 amide bonds. The van der Waals surface area contributed by atoms with Gasteiger partial charge in [-0.25, -0.2) is 14.0 Å². The highest BCUT2D eigenvalue weighted by Crippen LogP contribution is 2.17. The van der Waals surface area contributed by atoms with Gasteiger partial charge in [-0.2, -0.15) is 0 Å². The summed E-state index contributed by atoms with van der Waals surface area (Å²) < 4.78 is 22.4. The van der Waals surface area contributed by atoms with Crippen LogP contribution in [0.5, 0.6) is 0 Å². The summed E-state index contributed by atoms with van der Waals surface area (Å²) in [5.41, 5.74) is 0.00653. The lowest BCUT2D eigenvalue weighted by Gasteiger charge is -2.07. The van der Waals surface area contributed by atoms with Gasteiger partial charge in [-0.05, 0) is 25.1 Å². The van der Waals surface area contributed by atoms with E-state index >= 15 is 0 Å². The monoisotopic (exact) mass is 241 g/mol. The molecule has 1 rings (SSSR count). The molecule has 0 saturated carbocycles. The first-order valence-corrected chi connectivity index (χ1v) is 4.90. The van der Waals surface area contributed by atoms with Crippen molar-refractivity contribution in [1.29, 1.82) is 0 Å². The predicted octanol–water partition coefficient (Wildman–Crippen LogP) is 2.18. The maximum absolute atomic E-state index is 13.3. The van der Waals surface area contributed by atoms with Crippen LogP contribution in [0.1, 0.15) is 17.3 Å². The summed E-state index contributed by atoms with van der Waals surface area (Å²) in [6.07, 6.45) is -0.784. The number of rotatable bonds is 3. The Balaban J connectivity index is 2.90. The molecule has 1 aromatic rings. The Bertz CT molecular complexity index is 433. The van der Waals surface area contributed by atoms with Crippen LogP contribution < -0.4 is 5.32 Å². The van der Waals surface area contributed by atoms with Gasteiger partial charge >= 0.3 is 12.1 Å². The molecule has 0 aromatic heterocycles. The Hall–Kier alpha value is -2.11. The van der Waals surface area contributed by atoms with E-state index < -0.39 is 17.9 Å². The number of hydrogen-bond acceptors (Lipinski definition) is 4.